The molecule has 0 aliphatic heterocycles. The maximum Gasteiger partial charge on any atom is 0.371 e. The summed E-state index contributed by atoms with van der Waals surface area (Å²) in [6.45, 7) is 3.60. The molecule has 0 spiro atoms. The number of amides is 1. The Morgan fingerprint density at radius 3 is 2.41 bits per heavy atom. The van der Waals surface area contributed by atoms with Gasteiger partial charge in [-0.25, -0.2) is 4.79 Å². The fraction of sp³-hybridized carbons (Fsp3) is 0.455. The van der Waals surface area contributed by atoms with Gasteiger partial charge in [0.25, 0.3) is 5.91 Å². The van der Waals surface area contributed by atoms with Crippen molar-refractivity contribution >= 4 is 11.9 Å². The van der Waals surface area contributed by atoms with E-state index in [-0.39, 0.29) is 23.7 Å². The largest absolute Gasteiger partial charge is 0.475 e. The third-order valence-corrected chi connectivity index (χ3v) is 2.48. The van der Waals surface area contributed by atoms with Gasteiger partial charge in [0.05, 0.1) is 12.1 Å². The number of aromatic carboxylic acids is 1. The van der Waals surface area contributed by atoms with Crippen LogP contribution in [-0.4, -0.2) is 36.2 Å². The first-order chi connectivity index (χ1) is 7.95. The van der Waals surface area contributed by atoms with Gasteiger partial charge in [-0.2, -0.15) is 0 Å². The van der Waals surface area contributed by atoms with Crippen LogP contribution >= 0.6 is 0 Å². The molecule has 2 N–H and O–H groups in total. The molecule has 0 saturated heterocycles. The first-order valence-electron chi connectivity index (χ1n) is 5.12. The molecule has 0 bridgehead atoms. The average Bonchev–Trinajstić information content (AvgIpc) is 2.77. The minimum absolute atomic E-state index is 0.0300. The Labute approximate surface area is 98.6 Å². The number of furan rings is 1. The van der Waals surface area contributed by atoms with Crippen LogP contribution in [0.3, 0.4) is 0 Å². The highest BCUT2D eigenvalue weighted by atomic mass is 16.5. The van der Waals surface area contributed by atoms with Gasteiger partial charge in [0.2, 0.25) is 5.76 Å². The van der Waals surface area contributed by atoms with Crippen LogP contribution in [0, 0.1) is 0 Å². The highest BCUT2D eigenvalue weighted by molar-refractivity contribution is 5.93. The lowest BCUT2D eigenvalue weighted by Crippen LogP contribution is -2.40. The van der Waals surface area contributed by atoms with Gasteiger partial charge in [0, 0.05) is 7.11 Å². The van der Waals surface area contributed by atoms with Crippen LogP contribution in [0.25, 0.3) is 0 Å². The maximum atomic E-state index is 11.7. The Balaban J connectivity index is 2.66. The highest BCUT2D eigenvalue weighted by Crippen LogP contribution is 2.08. The zero-order valence-electron chi connectivity index (χ0n) is 9.89. The van der Waals surface area contributed by atoms with E-state index in [9.17, 15) is 9.59 Å². The standard InChI is InChI=1S/C11H15NO5/c1-6(7(2)16-3)12-10(13)8-4-5-9(17-8)11(14)15/h4-7H,1-3H3,(H,12,13)(H,14,15)/t6-,7?/m0/s1. The van der Waals surface area contributed by atoms with Crippen LogP contribution in [0.5, 0.6) is 0 Å². The molecule has 0 aromatic carbocycles. The molecule has 1 heterocycles. The third-order valence-electron chi connectivity index (χ3n) is 2.48. The van der Waals surface area contributed by atoms with Crippen molar-refractivity contribution in [2.45, 2.75) is 26.0 Å². The number of nitrogens with one attached hydrogen (secondary N) is 1. The van der Waals surface area contributed by atoms with Crippen LogP contribution in [0.1, 0.15) is 35.0 Å². The molecule has 6 nitrogen and oxygen atoms in total. The van der Waals surface area contributed by atoms with Crippen molar-refractivity contribution < 1.29 is 23.8 Å². The molecule has 1 rings (SSSR count). The SMILES string of the molecule is COC(C)[C@H](C)NC(=O)c1ccc(C(=O)O)o1. The van der Waals surface area contributed by atoms with E-state index in [0.717, 1.165) is 0 Å². The number of carbonyl (C=O) groups excluding carboxylic acids is 1. The van der Waals surface area contributed by atoms with E-state index in [1.807, 2.05) is 6.92 Å². The number of methoxy groups -OCH3 is 1. The van der Waals surface area contributed by atoms with E-state index in [1.165, 1.54) is 12.1 Å². The van der Waals surface area contributed by atoms with Crippen molar-refractivity contribution in [1.29, 1.82) is 0 Å². The van der Waals surface area contributed by atoms with Gasteiger partial charge in [0.15, 0.2) is 5.76 Å². The Morgan fingerprint density at radius 2 is 1.94 bits per heavy atom. The minimum atomic E-state index is -1.21. The number of rotatable bonds is 5. The van der Waals surface area contributed by atoms with E-state index in [2.05, 4.69) is 5.32 Å². The Bertz CT molecular complexity index is 412. The molecule has 17 heavy (non-hydrogen) atoms. The molecule has 1 unspecified atom stereocenters. The summed E-state index contributed by atoms with van der Waals surface area (Å²) in [5.41, 5.74) is 0. The van der Waals surface area contributed by atoms with E-state index >= 15 is 0 Å². The fourth-order valence-corrected chi connectivity index (χ4v) is 1.17. The molecule has 6 heteroatoms. The molecule has 0 saturated carbocycles. The van der Waals surface area contributed by atoms with Crippen LogP contribution in [-0.2, 0) is 4.74 Å². The first-order valence-corrected chi connectivity index (χ1v) is 5.12. The Morgan fingerprint density at radius 1 is 1.35 bits per heavy atom. The molecule has 1 aromatic heterocycles. The van der Waals surface area contributed by atoms with Crippen LogP contribution in [0.15, 0.2) is 16.5 Å². The molecule has 0 radical (unpaired) electrons. The molecule has 0 fully saturated rings. The van der Waals surface area contributed by atoms with E-state index in [4.69, 9.17) is 14.3 Å². The normalized spacial score (nSPS) is 14.1. The molecule has 94 valence electrons. The molecular formula is C11H15NO5. The Kier molecular flexibility index (Phi) is 4.28. The second-order valence-corrected chi connectivity index (χ2v) is 3.67. The number of hydrogen-bond donors (Lipinski definition) is 2. The van der Waals surface area contributed by atoms with Crippen molar-refractivity contribution in [1.82, 2.24) is 5.32 Å². The molecule has 0 aliphatic rings. The van der Waals surface area contributed by atoms with Crippen LogP contribution < -0.4 is 5.32 Å². The number of carboxylic acids is 1. The number of ether oxygens (including phenoxy) is 1. The molecule has 0 aliphatic carbocycles. The quantitative estimate of drug-likeness (QED) is 0.806. The van der Waals surface area contributed by atoms with Crippen LogP contribution in [0.4, 0.5) is 0 Å². The van der Waals surface area contributed by atoms with Gasteiger partial charge in [-0.1, -0.05) is 0 Å². The van der Waals surface area contributed by atoms with Gasteiger partial charge >= 0.3 is 5.97 Å². The number of hydrogen-bond acceptors (Lipinski definition) is 4. The smallest absolute Gasteiger partial charge is 0.371 e. The number of carbonyl (C=O) groups is 2. The Hall–Kier alpha value is -1.82. The summed E-state index contributed by atoms with van der Waals surface area (Å²) in [6, 6.07) is 2.36. The average molecular weight is 241 g/mol. The molecule has 1 amide bonds. The lowest BCUT2D eigenvalue weighted by molar-refractivity contribution is 0.0652. The second-order valence-electron chi connectivity index (χ2n) is 3.67. The van der Waals surface area contributed by atoms with E-state index < -0.39 is 11.9 Å². The fourth-order valence-electron chi connectivity index (χ4n) is 1.17. The zero-order chi connectivity index (χ0) is 13.0. The summed E-state index contributed by atoms with van der Waals surface area (Å²) >= 11 is 0. The monoisotopic (exact) mass is 241 g/mol. The summed E-state index contributed by atoms with van der Waals surface area (Å²) in [7, 11) is 1.54. The second kappa shape index (κ2) is 5.49. The summed E-state index contributed by atoms with van der Waals surface area (Å²) in [5.74, 6) is -1.96. The van der Waals surface area contributed by atoms with Gasteiger partial charge in [-0.3, -0.25) is 4.79 Å². The van der Waals surface area contributed by atoms with Crippen LogP contribution in [0.2, 0.25) is 0 Å². The molecule has 1 aromatic rings. The van der Waals surface area contributed by atoms with Gasteiger partial charge in [-0.15, -0.1) is 0 Å². The predicted molar refractivity (Wildman–Crippen MR) is 59.1 cm³/mol. The summed E-state index contributed by atoms with van der Waals surface area (Å²) in [5, 5.41) is 11.3. The lowest BCUT2D eigenvalue weighted by Gasteiger charge is -2.19. The van der Waals surface area contributed by atoms with Crippen molar-refractivity contribution in [3.05, 3.63) is 23.7 Å². The summed E-state index contributed by atoms with van der Waals surface area (Å²) in [4.78, 5) is 22.2. The van der Waals surface area contributed by atoms with Crippen molar-refractivity contribution in [3.63, 3.8) is 0 Å². The molecule has 2 atom stereocenters. The summed E-state index contributed by atoms with van der Waals surface area (Å²) in [6.07, 6.45) is -0.146. The van der Waals surface area contributed by atoms with Crippen molar-refractivity contribution in [3.8, 4) is 0 Å². The lowest BCUT2D eigenvalue weighted by atomic mass is 10.2. The predicted octanol–water partition coefficient (Wildman–Crippen LogP) is 1.13. The highest BCUT2D eigenvalue weighted by Gasteiger charge is 2.19. The number of carboxylic acid groups (broad SMARTS) is 1. The molecular weight excluding hydrogens is 226 g/mol. The van der Waals surface area contributed by atoms with E-state index in [0.29, 0.717) is 0 Å². The van der Waals surface area contributed by atoms with Gasteiger partial charge in [0.1, 0.15) is 0 Å². The maximum absolute atomic E-state index is 11.7. The van der Waals surface area contributed by atoms with Crippen molar-refractivity contribution in [2.24, 2.45) is 0 Å². The first kappa shape index (κ1) is 13.2. The topological polar surface area (TPSA) is 88.8 Å². The minimum Gasteiger partial charge on any atom is -0.475 e. The summed E-state index contributed by atoms with van der Waals surface area (Å²) < 4.78 is 9.92. The zero-order valence-corrected chi connectivity index (χ0v) is 9.89. The van der Waals surface area contributed by atoms with Gasteiger partial charge in [-0.05, 0) is 26.0 Å². The van der Waals surface area contributed by atoms with Gasteiger partial charge < -0.3 is 19.6 Å². The van der Waals surface area contributed by atoms with Crippen molar-refractivity contribution in [2.75, 3.05) is 7.11 Å². The third kappa shape index (κ3) is 3.32. The van der Waals surface area contributed by atoms with E-state index in [1.54, 1.807) is 14.0 Å².